The van der Waals surface area contributed by atoms with Gasteiger partial charge >= 0.3 is 5.97 Å². The predicted octanol–water partition coefficient (Wildman–Crippen LogP) is 2.91. The van der Waals surface area contributed by atoms with Gasteiger partial charge in [0.2, 0.25) is 5.91 Å². The number of carbonyl (C=O) groups excluding carboxylic acids is 1. The summed E-state index contributed by atoms with van der Waals surface area (Å²) < 4.78 is 0. The first kappa shape index (κ1) is 15.0. The molecule has 4 nitrogen and oxygen atoms in total. The van der Waals surface area contributed by atoms with Gasteiger partial charge < -0.3 is 10.0 Å². The molecule has 1 heterocycles. The number of nitrogens with zero attached hydrogens (tertiary/aromatic N) is 1. The van der Waals surface area contributed by atoms with Crippen LogP contribution >= 0.6 is 11.3 Å². The molecule has 0 unspecified atom stereocenters. The summed E-state index contributed by atoms with van der Waals surface area (Å²) in [7, 11) is 1.77. The van der Waals surface area contributed by atoms with Crippen LogP contribution in [-0.2, 0) is 16.1 Å². The van der Waals surface area contributed by atoms with Crippen LogP contribution in [0.1, 0.15) is 36.1 Å². The third-order valence-electron chi connectivity index (χ3n) is 4.13. The minimum Gasteiger partial charge on any atom is -0.481 e. The standard InChI is InChI=1S/C15H21NO3S/c1-10-7-8-20-13(10)9-16(2)14(17)11-5-3-4-6-12(11)15(18)19/h7-8,11-12H,3-6,9H2,1-2H3,(H,18,19)/t11-,12+/m1/s1. The van der Waals surface area contributed by atoms with Crippen LogP contribution in [0.5, 0.6) is 0 Å². The summed E-state index contributed by atoms with van der Waals surface area (Å²) in [6, 6.07) is 2.04. The molecule has 1 aliphatic rings. The van der Waals surface area contributed by atoms with Gasteiger partial charge in [-0.05, 0) is 36.8 Å². The molecule has 1 N–H and O–H groups in total. The van der Waals surface area contributed by atoms with E-state index in [0.29, 0.717) is 19.4 Å². The third-order valence-corrected chi connectivity index (χ3v) is 5.13. The molecule has 0 radical (unpaired) electrons. The van der Waals surface area contributed by atoms with Crippen LogP contribution in [0, 0.1) is 18.8 Å². The zero-order valence-electron chi connectivity index (χ0n) is 12.0. The lowest BCUT2D eigenvalue weighted by Gasteiger charge is -2.31. The number of hydrogen-bond acceptors (Lipinski definition) is 3. The van der Waals surface area contributed by atoms with Crippen molar-refractivity contribution >= 4 is 23.2 Å². The number of carboxylic acids is 1. The molecule has 1 fully saturated rings. The number of thiophene rings is 1. The molecule has 0 aromatic carbocycles. The van der Waals surface area contributed by atoms with Crippen LogP contribution < -0.4 is 0 Å². The van der Waals surface area contributed by atoms with Crippen molar-refractivity contribution in [2.45, 2.75) is 39.2 Å². The predicted molar refractivity (Wildman–Crippen MR) is 78.6 cm³/mol. The van der Waals surface area contributed by atoms with E-state index in [9.17, 15) is 14.7 Å². The fraction of sp³-hybridized carbons (Fsp3) is 0.600. The maximum Gasteiger partial charge on any atom is 0.307 e. The van der Waals surface area contributed by atoms with Crippen LogP contribution in [0.4, 0.5) is 0 Å². The van der Waals surface area contributed by atoms with Crippen molar-refractivity contribution in [3.63, 3.8) is 0 Å². The topological polar surface area (TPSA) is 57.6 Å². The second-order valence-corrected chi connectivity index (χ2v) is 6.56. The van der Waals surface area contributed by atoms with Crippen molar-refractivity contribution in [3.8, 4) is 0 Å². The summed E-state index contributed by atoms with van der Waals surface area (Å²) in [5.41, 5.74) is 1.19. The monoisotopic (exact) mass is 295 g/mol. The molecule has 2 atom stereocenters. The molecule has 0 spiro atoms. The van der Waals surface area contributed by atoms with Gasteiger partial charge in [0.05, 0.1) is 18.4 Å². The maximum absolute atomic E-state index is 12.5. The minimum absolute atomic E-state index is 0.0232. The Balaban J connectivity index is 2.05. The molecule has 5 heteroatoms. The summed E-state index contributed by atoms with van der Waals surface area (Å²) >= 11 is 1.64. The van der Waals surface area contributed by atoms with Crippen LogP contribution in [0.25, 0.3) is 0 Å². The van der Waals surface area contributed by atoms with Gasteiger partial charge in [-0.15, -0.1) is 11.3 Å². The highest BCUT2D eigenvalue weighted by atomic mass is 32.1. The van der Waals surface area contributed by atoms with Crippen LogP contribution in [0.15, 0.2) is 11.4 Å². The van der Waals surface area contributed by atoms with E-state index in [1.54, 1.807) is 23.3 Å². The largest absolute Gasteiger partial charge is 0.481 e. The average Bonchev–Trinajstić information content (AvgIpc) is 2.83. The molecule has 20 heavy (non-hydrogen) atoms. The molecule has 1 aromatic heterocycles. The van der Waals surface area contributed by atoms with Crippen LogP contribution in [0.2, 0.25) is 0 Å². The van der Waals surface area contributed by atoms with Crippen molar-refractivity contribution in [1.29, 1.82) is 0 Å². The summed E-state index contributed by atoms with van der Waals surface area (Å²) in [5.74, 6) is -1.72. The van der Waals surface area contributed by atoms with E-state index in [1.807, 2.05) is 18.4 Å². The summed E-state index contributed by atoms with van der Waals surface area (Å²) in [6.45, 7) is 2.61. The molecular formula is C15H21NO3S. The van der Waals surface area contributed by atoms with Crippen molar-refractivity contribution < 1.29 is 14.7 Å². The molecule has 2 rings (SSSR count). The van der Waals surface area contributed by atoms with Gasteiger partial charge in [0, 0.05) is 11.9 Å². The second kappa shape index (κ2) is 6.39. The lowest BCUT2D eigenvalue weighted by molar-refractivity contribution is -0.152. The highest BCUT2D eigenvalue weighted by molar-refractivity contribution is 7.10. The van der Waals surface area contributed by atoms with E-state index in [0.717, 1.165) is 12.8 Å². The number of carbonyl (C=O) groups is 2. The average molecular weight is 295 g/mol. The first-order valence-electron chi connectivity index (χ1n) is 7.01. The Kier molecular flexibility index (Phi) is 4.81. The Hall–Kier alpha value is -1.36. The van der Waals surface area contributed by atoms with Crippen LogP contribution in [-0.4, -0.2) is 28.9 Å². The Morgan fingerprint density at radius 2 is 2.00 bits per heavy atom. The van der Waals surface area contributed by atoms with Crippen LogP contribution in [0.3, 0.4) is 0 Å². The summed E-state index contributed by atoms with van der Waals surface area (Å²) in [4.78, 5) is 26.7. The van der Waals surface area contributed by atoms with Gasteiger partial charge in [-0.25, -0.2) is 0 Å². The van der Waals surface area contributed by atoms with Gasteiger partial charge in [0.1, 0.15) is 0 Å². The van der Waals surface area contributed by atoms with Crippen molar-refractivity contribution in [2.24, 2.45) is 11.8 Å². The Bertz CT molecular complexity index is 497. The highest BCUT2D eigenvalue weighted by Gasteiger charge is 2.37. The van der Waals surface area contributed by atoms with Crippen molar-refractivity contribution in [3.05, 3.63) is 21.9 Å². The number of aliphatic carboxylic acids is 1. The third kappa shape index (κ3) is 3.20. The highest BCUT2D eigenvalue weighted by Crippen LogP contribution is 2.32. The van der Waals surface area contributed by atoms with Gasteiger partial charge in [0.15, 0.2) is 0 Å². The number of aryl methyl sites for hydroxylation is 1. The molecule has 0 bridgehead atoms. The minimum atomic E-state index is -0.830. The van der Waals surface area contributed by atoms with E-state index in [-0.39, 0.29) is 11.8 Å². The van der Waals surface area contributed by atoms with E-state index >= 15 is 0 Å². The smallest absolute Gasteiger partial charge is 0.307 e. The molecule has 1 aliphatic carbocycles. The van der Waals surface area contributed by atoms with Crippen molar-refractivity contribution in [2.75, 3.05) is 7.05 Å². The normalized spacial score (nSPS) is 22.5. The summed E-state index contributed by atoms with van der Waals surface area (Å²) in [5, 5.41) is 11.3. The Morgan fingerprint density at radius 1 is 1.35 bits per heavy atom. The maximum atomic E-state index is 12.5. The molecule has 0 saturated heterocycles. The van der Waals surface area contributed by atoms with E-state index < -0.39 is 11.9 Å². The molecule has 1 amide bonds. The van der Waals surface area contributed by atoms with E-state index in [4.69, 9.17) is 0 Å². The van der Waals surface area contributed by atoms with E-state index in [2.05, 4.69) is 0 Å². The number of carboxylic acid groups (broad SMARTS) is 1. The number of rotatable bonds is 4. The molecule has 110 valence electrons. The fourth-order valence-corrected chi connectivity index (χ4v) is 3.82. The second-order valence-electron chi connectivity index (χ2n) is 5.56. The quantitative estimate of drug-likeness (QED) is 0.929. The zero-order valence-corrected chi connectivity index (χ0v) is 12.8. The SMILES string of the molecule is Cc1ccsc1CN(C)C(=O)[C@@H]1CCCC[C@@H]1C(=O)O. The zero-order chi connectivity index (χ0) is 14.7. The molecular weight excluding hydrogens is 274 g/mol. The van der Waals surface area contributed by atoms with Crippen molar-refractivity contribution in [1.82, 2.24) is 4.90 Å². The summed E-state index contributed by atoms with van der Waals surface area (Å²) in [6.07, 6.45) is 3.18. The first-order valence-corrected chi connectivity index (χ1v) is 7.89. The Morgan fingerprint density at radius 3 is 2.55 bits per heavy atom. The first-order chi connectivity index (χ1) is 9.50. The molecule has 0 aliphatic heterocycles. The molecule has 1 aromatic rings. The van der Waals surface area contributed by atoms with E-state index in [1.165, 1.54) is 10.4 Å². The van der Waals surface area contributed by atoms with Gasteiger partial charge in [-0.1, -0.05) is 12.8 Å². The van der Waals surface area contributed by atoms with Gasteiger partial charge in [-0.3, -0.25) is 9.59 Å². The van der Waals surface area contributed by atoms with Gasteiger partial charge in [0.25, 0.3) is 0 Å². The van der Waals surface area contributed by atoms with Gasteiger partial charge in [-0.2, -0.15) is 0 Å². The fourth-order valence-electron chi connectivity index (χ4n) is 2.86. The number of hydrogen-bond donors (Lipinski definition) is 1. The Labute approximate surface area is 123 Å². The lowest BCUT2D eigenvalue weighted by atomic mass is 9.78. The molecule has 1 saturated carbocycles. The number of amides is 1. The lowest BCUT2D eigenvalue weighted by Crippen LogP contribution is -2.40.